The Labute approximate surface area is 386 Å². The van der Waals surface area contributed by atoms with Crippen LogP contribution in [0.5, 0.6) is 0 Å². The minimum atomic E-state index is -0.767. The first-order valence-corrected chi connectivity index (χ1v) is 27.7. The van der Waals surface area contributed by atoms with Gasteiger partial charge in [-0.1, -0.05) is 258 Å². The molecular weight excluding hydrogens is 769 g/mol. The fourth-order valence-electron chi connectivity index (χ4n) is 8.32. The van der Waals surface area contributed by atoms with E-state index in [0.717, 1.165) is 64.2 Å². The number of unbranched alkanes of at least 4 members (excludes halogenated alkanes) is 38. The molecule has 0 amide bonds. The molecule has 0 fully saturated rings. The van der Waals surface area contributed by atoms with Gasteiger partial charge in [-0.2, -0.15) is 0 Å². The molecule has 0 radical (unpaired) electrons. The lowest BCUT2D eigenvalue weighted by Crippen LogP contribution is -2.30. The van der Waals surface area contributed by atoms with Crippen LogP contribution < -0.4 is 0 Å². The van der Waals surface area contributed by atoms with Gasteiger partial charge in [0.15, 0.2) is 6.10 Å². The van der Waals surface area contributed by atoms with Crippen LogP contribution in [0.15, 0.2) is 12.2 Å². The van der Waals surface area contributed by atoms with E-state index in [0.29, 0.717) is 19.3 Å². The molecular formula is C56H106O6. The van der Waals surface area contributed by atoms with Crippen molar-refractivity contribution in [2.75, 3.05) is 13.2 Å². The molecule has 0 aromatic carbocycles. The normalized spacial score (nSPS) is 12.0. The minimum absolute atomic E-state index is 0.0677. The van der Waals surface area contributed by atoms with Crippen molar-refractivity contribution in [1.82, 2.24) is 0 Å². The predicted octanol–water partition coefficient (Wildman–Crippen LogP) is 18.2. The third kappa shape index (κ3) is 49.2. The average Bonchev–Trinajstić information content (AvgIpc) is 3.27. The van der Waals surface area contributed by atoms with E-state index in [9.17, 15) is 14.4 Å². The summed E-state index contributed by atoms with van der Waals surface area (Å²) in [7, 11) is 0. The Morgan fingerprint density at radius 3 is 0.823 bits per heavy atom. The number of rotatable bonds is 51. The molecule has 0 bridgehead atoms. The molecule has 0 heterocycles. The number of carbonyl (C=O) groups is 3. The quantitative estimate of drug-likeness (QED) is 0.0262. The van der Waals surface area contributed by atoms with Crippen LogP contribution in [0.4, 0.5) is 0 Å². The summed E-state index contributed by atoms with van der Waals surface area (Å²) < 4.78 is 16.8. The van der Waals surface area contributed by atoms with Crippen LogP contribution >= 0.6 is 0 Å². The number of allylic oxidation sites excluding steroid dienone is 2. The van der Waals surface area contributed by atoms with Crippen molar-refractivity contribution in [1.29, 1.82) is 0 Å². The molecule has 6 nitrogen and oxygen atoms in total. The Kier molecular flexibility index (Phi) is 50.2. The van der Waals surface area contributed by atoms with Crippen LogP contribution in [0.2, 0.25) is 0 Å². The van der Waals surface area contributed by atoms with Gasteiger partial charge in [0.2, 0.25) is 0 Å². The summed E-state index contributed by atoms with van der Waals surface area (Å²) in [5.74, 6) is -0.856. The largest absolute Gasteiger partial charge is 0.462 e. The highest BCUT2D eigenvalue weighted by Gasteiger charge is 2.19. The third-order valence-corrected chi connectivity index (χ3v) is 12.5. The lowest BCUT2D eigenvalue weighted by molar-refractivity contribution is -0.167. The van der Waals surface area contributed by atoms with Crippen molar-refractivity contribution in [3.8, 4) is 0 Å². The average molecular weight is 875 g/mol. The maximum atomic E-state index is 12.8. The van der Waals surface area contributed by atoms with Gasteiger partial charge in [0.25, 0.3) is 0 Å². The molecule has 366 valence electrons. The zero-order chi connectivity index (χ0) is 45.1. The molecule has 0 rings (SSSR count). The van der Waals surface area contributed by atoms with Gasteiger partial charge >= 0.3 is 17.9 Å². The summed E-state index contributed by atoms with van der Waals surface area (Å²) in [6, 6.07) is 0. The maximum Gasteiger partial charge on any atom is 0.306 e. The molecule has 1 atom stereocenters. The van der Waals surface area contributed by atoms with Crippen molar-refractivity contribution in [2.24, 2.45) is 0 Å². The van der Waals surface area contributed by atoms with Gasteiger partial charge in [-0.25, -0.2) is 0 Å². The second-order valence-corrected chi connectivity index (χ2v) is 18.9. The first-order chi connectivity index (χ1) is 30.5. The number of hydrogen-bond donors (Lipinski definition) is 0. The number of ether oxygens (including phenoxy) is 3. The second-order valence-electron chi connectivity index (χ2n) is 18.9. The fourth-order valence-corrected chi connectivity index (χ4v) is 8.32. The van der Waals surface area contributed by atoms with Crippen molar-refractivity contribution < 1.29 is 28.6 Å². The summed E-state index contributed by atoms with van der Waals surface area (Å²) in [6.07, 6.45) is 57.7. The summed E-state index contributed by atoms with van der Waals surface area (Å²) in [5, 5.41) is 0. The summed E-state index contributed by atoms with van der Waals surface area (Å²) in [4.78, 5) is 38.0. The van der Waals surface area contributed by atoms with E-state index in [-0.39, 0.29) is 31.1 Å². The van der Waals surface area contributed by atoms with Gasteiger partial charge in [0.1, 0.15) is 13.2 Å². The van der Waals surface area contributed by atoms with E-state index >= 15 is 0 Å². The van der Waals surface area contributed by atoms with E-state index < -0.39 is 6.10 Å². The number of esters is 3. The van der Waals surface area contributed by atoms with Gasteiger partial charge in [-0.15, -0.1) is 0 Å². The van der Waals surface area contributed by atoms with Gasteiger partial charge in [0, 0.05) is 19.3 Å². The minimum Gasteiger partial charge on any atom is -0.462 e. The number of carbonyl (C=O) groups excluding carboxylic acids is 3. The molecule has 0 aliphatic rings. The van der Waals surface area contributed by atoms with Crippen molar-refractivity contribution in [3.63, 3.8) is 0 Å². The molecule has 62 heavy (non-hydrogen) atoms. The van der Waals surface area contributed by atoms with E-state index in [1.807, 2.05) is 0 Å². The summed E-state index contributed by atoms with van der Waals surface area (Å²) in [6.45, 7) is 6.66. The van der Waals surface area contributed by atoms with Crippen molar-refractivity contribution >= 4 is 17.9 Å². The highest BCUT2D eigenvalue weighted by atomic mass is 16.6. The first kappa shape index (κ1) is 60.2. The van der Waals surface area contributed by atoms with Crippen LogP contribution in [0.3, 0.4) is 0 Å². The third-order valence-electron chi connectivity index (χ3n) is 12.5. The molecule has 0 aliphatic carbocycles. The highest BCUT2D eigenvalue weighted by molar-refractivity contribution is 5.71. The Hall–Kier alpha value is -1.85. The van der Waals surface area contributed by atoms with Crippen LogP contribution in [-0.4, -0.2) is 37.2 Å². The monoisotopic (exact) mass is 875 g/mol. The molecule has 0 aromatic heterocycles. The van der Waals surface area contributed by atoms with Gasteiger partial charge < -0.3 is 14.2 Å². The summed E-state index contributed by atoms with van der Waals surface area (Å²) in [5.41, 5.74) is 0. The van der Waals surface area contributed by atoms with E-state index in [2.05, 4.69) is 32.9 Å². The number of hydrogen-bond acceptors (Lipinski definition) is 6. The topological polar surface area (TPSA) is 78.9 Å². The van der Waals surface area contributed by atoms with Gasteiger partial charge in [-0.3, -0.25) is 14.4 Å². The zero-order valence-corrected chi connectivity index (χ0v) is 41.9. The smallest absolute Gasteiger partial charge is 0.306 e. The predicted molar refractivity (Wildman–Crippen MR) is 266 cm³/mol. The molecule has 0 N–H and O–H groups in total. The second kappa shape index (κ2) is 51.8. The van der Waals surface area contributed by atoms with Gasteiger partial charge in [0.05, 0.1) is 0 Å². The Morgan fingerprint density at radius 2 is 0.532 bits per heavy atom. The zero-order valence-electron chi connectivity index (χ0n) is 41.9. The first-order valence-electron chi connectivity index (χ1n) is 27.7. The van der Waals surface area contributed by atoms with Crippen LogP contribution in [0.25, 0.3) is 0 Å². The lowest BCUT2D eigenvalue weighted by atomic mass is 10.0. The Balaban J connectivity index is 4.29. The van der Waals surface area contributed by atoms with Crippen LogP contribution in [-0.2, 0) is 28.6 Å². The van der Waals surface area contributed by atoms with Crippen LogP contribution in [0, 0.1) is 0 Å². The van der Waals surface area contributed by atoms with Crippen molar-refractivity contribution in [2.45, 2.75) is 316 Å². The molecule has 0 saturated carbocycles. The van der Waals surface area contributed by atoms with E-state index in [1.54, 1.807) is 0 Å². The molecule has 0 saturated heterocycles. The lowest BCUT2D eigenvalue weighted by Gasteiger charge is -2.18. The molecule has 0 aliphatic heterocycles. The standard InChI is InChI=1S/C56H106O6/c1-4-7-10-13-16-19-22-25-26-27-28-29-32-34-37-40-43-46-49-55(58)61-52-53(62-56(59)50-47-44-41-38-35-31-24-21-18-15-12-9-6-3)51-60-54(57)48-45-42-39-36-33-30-23-20-17-14-11-8-5-2/h21,24,53H,4-20,22-23,25-52H2,1-3H3/b24-21+/t53-/m1/s1. The molecule has 0 unspecified atom stereocenters. The van der Waals surface area contributed by atoms with Crippen LogP contribution in [0.1, 0.15) is 310 Å². The highest BCUT2D eigenvalue weighted by Crippen LogP contribution is 2.17. The van der Waals surface area contributed by atoms with E-state index in [1.165, 1.54) is 205 Å². The molecule has 6 heteroatoms. The van der Waals surface area contributed by atoms with Gasteiger partial charge in [-0.05, 0) is 44.9 Å². The maximum absolute atomic E-state index is 12.8. The summed E-state index contributed by atoms with van der Waals surface area (Å²) >= 11 is 0. The molecule has 0 spiro atoms. The fraction of sp³-hybridized carbons (Fsp3) is 0.911. The van der Waals surface area contributed by atoms with E-state index in [4.69, 9.17) is 14.2 Å². The van der Waals surface area contributed by atoms with Crippen molar-refractivity contribution in [3.05, 3.63) is 12.2 Å². The Bertz CT molecular complexity index is 962. The SMILES string of the molecule is CCCCCC/C=C/CCCCCCCC(=O)O[C@H](COC(=O)CCCCCCCCCCCCCCC)COC(=O)CCCCCCCCCCCCCCCCCCCC. The molecule has 0 aromatic rings. The Morgan fingerprint density at radius 1 is 0.306 bits per heavy atom.